The van der Waals surface area contributed by atoms with Crippen molar-refractivity contribution >= 4 is 36.6 Å². The Kier molecular flexibility index (Phi) is 8.74. The quantitative estimate of drug-likeness (QED) is 0.0711. The van der Waals surface area contributed by atoms with Crippen LogP contribution in [0.2, 0.25) is 0 Å². The summed E-state index contributed by atoms with van der Waals surface area (Å²) in [5.74, 6) is -0.0210. The fourth-order valence-electron chi connectivity index (χ4n) is 4.65. The predicted molar refractivity (Wildman–Crippen MR) is 154 cm³/mol. The summed E-state index contributed by atoms with van der Waals surface area (Å²) in [6, 6.07) is 7.41. The van der Waals surface area contributed by atoms with E-state index in [9.17, 15) is 20.0 Å². The first-order valence-electron chi connectivity index (χ1n) is 13.7. The molecule has 3 heterocycles. The number of nitrogens with zero attached hydrogens (tertiary/aromatic N) is 7. The van der Waals surface area contributed by atoms with E-state index < -0.39 is 50.3 Å². The molecule has 2 aromatic heterocycles. The van der Waals surface area contributed by atoms with Gasteiger partial charge < -0.3 is 30.2 Å². The number of azide groups is 1. The maximum absolute atomic E-state index is 13.9. The molecule has 0 spiro atoms. The number of imidazole rings is 1. The topological polar surface area (TPSA) is 234 Å². The van der Waals surface area contributed by atoms with Gasteiger partial charge in [0.1, 0.15) is 23.4 Å². The third-order valence-electron chi connectivity index (χ3n) is 6.99. The van der Waals surface area contributed by atoms with Gasteiger partial charge in [0.15, 0.2) is 23.2 Å². The fraction of sp³-hybridized carbons (Fsp3) is 0.520. The summed E-state index contributed by atoms with van der Waals surface area (Å²) >= 11 is 0. The fourth-order valence-corrected chi connectivity index (χ4v) is 6.15. The average Bonchev–Trinajstić information content (AvgIpc) is 3.63. The van der Waals surface area contributed by atoms with Crippen molar-refractivity contribution in [1.82, 2.24) is 24.6 Å². The van der Waals surface area contributed by atoms with E-state index in [1.165, 1.54) is 24.7 Å². The van der Waals surface area contributed by atoms with Gasteiger partial charge in [0.2, 0.25) is 5.95 Å². The minimum atomic E-state index is -4.26. The van der Waals surface area contributed by atoms with Crippen molar-refractivity contribution in [3.05, 3.63) is 47.1 Å². The number of nitrogens with one attached hydrogen (secondary N) is 2. The Hall–Kier alpha value is -3.98. The Bertz CT molecular complexity index is 1560. The largest absolute Gasteiger partial charge is 0.465 e. The normalized spacial score (nSPS) is 25.4. The maximum atomic E-state index is 13.9. The second kappa shape index (κ2) is 12.3. The number of carbonyl (C=O) groups is 1. The number of ether oxygens (including phenoxy) is 2. The van der Waals surface area contributed by atoms with Gasteiger partial charge >= 0.3 is 13.7 Å². The van der Waals surface area contributed by atoms with Gasteiger partial charge in [-0.05, 0) is 51.3 Å². The van der Waals surface area contributed by atoms with Gasteiger partial charge in [0.25, 0.3) is 0 Å². The van der Waals surface area contributed by atoms with Crippen LogP contribution in [0.3, 0.4) is 0 Å². The number of rotatable bonds is 13. The van der Waals surface area contributed by atoms with E-state index in [1.807, 2.05) is 0 Å². The molecular formula is C25H33N10O7P. The molecule has 1 saturated carbocycles. The van der Waals surface area contributed by atoms with Crippen LogP contribution in [-0.2, 0) is 23.4 Å². The summed E-state index contributed by atoms with van der Waals surface area (Å²) in [6.07, 6.45) is -0.330. The van der Waals surface area contributed by atoms with Crippen molar-refractivity contribution in [3.8, 4) is 5.75 Å². The number of nitrogen functional groups attached to an aromatic ring is 1. The van der Waals surface area contributed by atoms with Crippen LogP contribution in [0.25, 0.3) is 21.6 Å². The average molecular weight is 617 g/mol. The molecule has 2 fully saturated rings. The lowest BCUT2D eigenvalue weighted by molar-refractivity contribution is -0.144. The number of nitrogens with two attached hydrogens (primary N) is 1. The van der Waals surface area contributed by atoms with Crippen LogP contribution in [-0.4, -0.2) is 73.6 Å². The van der Waals surface area contributed by atoms with E-state index in [-0.39, 0.29) is 30.0 Å². The number of aliphatic hydroxyl groups excluding tert-OH is 1. The van der Waals surface area contributed by atoms with Crippen molar-refractivity contribution < 1.29 is 33.0 Å². The van der Waals surface area contributed by atoms with Crippen LogP contribution in [0.15, 0.2) is 41.8 Å². The van der Waals surface area contributed by atoms with Crippen LogP contribution in [0.5, 0.6) is 5.75 Å². The van der Waals surface area contributed by atoms with Gasteiger partial charge in [0, 0.05) is 11.0 Å². The summed E-state index contributed by atoms with van der Waals surface area (Å²) in [5, 5.41) is 21.1. The molecule has 18 heteroatoms. The number of aliphatic hydroxyl groups is 1. The summed E-state index contributed by atoms with van der Waals surface area (Å²) in [5.41, 5.74) is 14.5. The van der Waals surface area contributed by atoms with Crippen molar-refractivity contribution in [1.29, 1.82) is 0 Å². The molecule has 1 aliphatic heterocycles. The third-order valence-corrected chi connectivity index (χ3v) is 8.64. The molecule has 0 radical (unpaired) electrons. The number of anilines is 2. The number of aromatic nitrogens is 4. The molecule has 5 N–H and O–H groups in total. The molecule has 6 atom stereocenters. The summed E-state index contributed by atoms with van der Waals surface area (Å²) in [6.45, 7) is 4.23. The third kappa shape index (κ3) is 6.51. The highest BCUT2D eigenvalue weighted by Crippen LogP contribution is 2.48. The number of carbonyl (C=O) groups excluding carboxylic acids is 1. The van der Waals surface area contributed by atoms with E-state index in [1.54, 1.807) is 37.3 Å². The minimum absolute atomic E-state index is 0.0119. The first kappa shape index (κ1) is 30.5. The molecule has 1 aliphatic carbocycles. The monoisotopic (exact) mass is 616 g/mol. The Morgan fingerprint density at radius 2 is 2.12 bits per heavy atom. The van der Waals surface area contributed by atoms with Gasteiger partial charge in [-0.2, -0.15) is 15.1 Å². The molecule has 17 nitrogen and oxygen atoms in total. The van der Waals surface area contributed by atoms with Crippen LogP contribution in [0, 0.1) is 0 Å². The van der Waals surface area contributed by atoms with E-state index in [4.69, 9.17) is 24.3 Å². The zero-order valence-corrected chi connectivity index (χ0v) is 24.6. The highest BCUT2D eigenvalue weighted by Gasteiger charge is 2.55. The van der Waals surface area contributed by atoms with Gasteiger partial charge in [-0.15, -0.1) is 0 Å². The molecule has 230 valence electrons. The first-order chi connectivity index (χ1) is 20.6. The van der Waals surface area contributed by atoms with Crippen molar-refractivity contribution in [2.24, 2.45) is 5.11 Å². The van der Waals surface area contributed by atoms with Gasteiger partial charge in [-0.3, -0.25) is 13.9 Å². The molecule has 1 unspecified atom stereocenters. The Morgan fingerprint density at radius 3 is 2.79 bits per heavy atom. The van der Waals surface area contributed by atoms with Gasteiger partial charge in [0.05, 0.1) is 25.6 Å². The van der Waals surface area contributed by atoms with E-state index in [0.29, 0.717) is 11.3 Å². The molecule has 1 saturated heterocycles. The van der Waals surface area contributed by atoms with Gasteiger partial charge in [-0.1, -0.05) is 23.3 Å². The minimum Gasteiger partial charge on any atom is -0.465 e. The number of hydrogen-bond donors (Lipinski definition) is 4. The summed E-state index contributed by atoms with van der Waals surface area (Å²) in [7, 11) is -4.26. The Balaban J connectivity index is 1.41. The zero-order valence-electron chi connectivity index (χ0n) is 23.7. The standard InChI is InChI=1S/C25H33N10O7P/c1-4-39-22(37)14(2)32-43(38,42-16-8-6-5-7-9-16)40-12-17-19(36)25(3,33-34-27)23(41-17)35-13-28-18-20(29-15-10-11-15)30-24(26)31-21(18)35/h5-9,13-15,17,19,23,36H,4,10-12H2,1-3H3,(H,32,38)(H3,26,29,30,31)/t14-,17+,19+,23+,25+,43?/m0/s1. The molecule has 0 bridgehead atoms. The SMILES string of the molecule is CCOC(=O)[C@H](C)NP(=O)(OC[C@H]1O[C@@H](n2cnc3c(NC4CC4)nc(N)nc32)[C@](C)(N=[N+]=[N-])[C@@H]1O)Oc1ccccc1. The first-order valence-corrected chi connectivity index (χ1v) is 15.2. The second-order valence-corrected chi connectivity index (χ2v) is 12.1. The maximum Gasteiger partial charge on any atom is 0.459 e. The number of hydrogen-bond acceptors (Lipinski definition) is 13. The Morgan fingerprint density at radius 1 is 1.37 bits per heavy atom. The van der Waals surface area contributed by atoms with Crippen molar-refractivity contribution in [2.75, 3.05) is 24.3 Å². The number of benzene rings is 1. The lowest BCUT2D eigenvalue weighted by atomic mass is 9.93. The van der Waals surface area contributed by atoms with Gasteiger partial charge in [-0.25, -0.2) is 9.55 Å². The molecule has 1 aromatic carbocycles. The van der Waals surface area contributed by atoms with E-state index in [0.717, 1.165) is 12.8 Å². The van der Waals surface area contributed by atoms with E-state index in [2.05, 4.69) is 35.4 Å². The predicted octanol–water partition coefficient (Wildman–Crippen LogP) is 3.06. The van der Waals surface area contributed by atoms with E-state index >= 15 is 0 Å². The van der Waals surface area contributed by atoms with Crippen LogP contribution < -0.4 is 20.7 Å². The van der Waals surface area contributed by atoms with Crippen LogP contribution >= 0.6 is 7.75 Å². The lowest BCUT2D eigenvalue weighted by Gasteiger charge is -2.28. The van der Waals surface area contributed by atoms with Crippen molar-refractivity contribution in [2.45, 2.75) is 69.7 Å². The molecular weight excluding hydrogens is 583 g/mol. The molecule has 43 heavy (non-hydrogen) atoms. The molecule has 5 rings (SSSR count). The summed E-state index contributed by atoms with van der Waals surface area (Å²) < 4.78 is 37.9. The molecule has 0 amide bonds. The smallest absolute Gasteiger partial charge is 0.459 e. The number of esters is 1. The molecule has 3 aromatic rings. The van der Waals surface area contributed by atoms with Crippen LogP contribution in [0.4, 0.5) is 11.8 Å². The number of fused-ring (bicyclic) bond motifs is 1. The van der Waals surface area contributed by atoms with Crippen molar-refractivity contribution in [3.63, 3.8) is 0 Å². The zero-order chi connectivity index (χ0) is 30.8. The second-order valence-electron chi connectivity index (χ2n) is 10.4. The number of para-hydroxylation sites is 1. The molecule has 2 aliphatic rings. The van der Waals surface area contributed by atoms with Crippen LogP contribution in [0.1, 0.15) is 39.8 Å². The summed E-state index contributed by atoms with van der Waals surface area (Å²) in [4.78, 5) is 28.2. The highest BCUT2D eigenvalue weighted by atomic mass is 31.2. The Labute approximate surface area is 246 Å². The lowest BCUT2D eigenvalue weighted by Crippen LogP contribution is -2.43. The highest BCUT2D eigenvalue weighted by molar-refractivity contribution is 7.52.